The van der Waals surface area contributed by atoms with Gasteiger partial charge >= 0.3 is 0 Å². The maximum Gasteiger partial charge on any atom is 0.234 e. The molecule has 0 bridgehead atoms. The van der Waals surface area contributed by atoms with Crippen molar-refractivity contribution in [1.82, 2.24) is 15.0 Å². The quantitative estimate of drug-likeness (QED) is 0.433. The summed E-state index contributed by atoms with van der Waals surface area (Å²) in [6.45, 7) is 3.00. The fourth-order valence-electron chi connectivity index (χ4n) is 2.95. The van der Waals surface area contributed by atoms with Crippen molar-refractivity contribution in [3.05, 3.63) is 24.5 Å². The van der Waals surface area contributed by atoms with E-state index in [0.717, 1.165) is 27.9 Å². The van der Waals surface area contributed by atoms with Crippen molar-refractivity contribution < 1.29 is 19.0 Å². The van der Waals surface area contributed by atoms with Crippen molar-refractivity contribution in [2.24, 2.45) is 0 Å². The first-order valence-corrected chi connectivity index (χ1v) is 11.1. The van der Waals surface area contributed by atoms with Gasteiger partial charge in [0.1, 0.15) is 27.6 Å². The van der Waals surface area contributed by atoms with Gasteiger partial charge in [-0.1, -0.05) is 23.1 Å². The summed E-state index contributed by atoms with van der Waals surface area (Å²) >= 11 is 2.89. The molecule has 9 nitrogen and oxygen atoms in total. The molecule has 1 amide bonds. The summed E-state index contributed by atoms with van der Waals surface area (Å²) < 4.78 is 16.8. The Morgan fingerprint density at radius 3 is 2.87 bits per heavy atom. The summed E-state index contributed by atoms with van der Waals surface area (Å²) in [5.74, 6) is 1.22. The number of amides is 1. The lowest BCUT2D eigenvalue weighted by molar-refractivity contribution is -0.113. The molecular formula is C19H21N5O4S2. The highest BCUT2D eigenvalue weighted by molar-refractivity contribution is 8.00. The van der Waals surface area contributed by atoms with Crippen molar-refractivity contribution >= 4 is 50.2 Å². The number of thioether (sulfide) groups is 1. The van der Waals surface area contributed by atoms with E-state index in [4.69, 9.17) is 14.2 Å². The fourth-order valence-corrected chi connectivity index (χ4v) is 4.89. The molecule has 1 N–H and O–H groups in total. The van der Waals surface area contributed by atoms with Gasteiger partial charge in [0.2, 0.25) is 5.91 Å². The third kappa shape index (κ3) is 4.58. The average molecular weight is 448 g/mol. The molecule has 1 aliphatic heterocycles. The Labute approximate surface area is 181 Å². The number of thiazole rings is 1. The summed E-state index contributed by atoms with van der Waals surface area (Å²) in [5, 5.41) is 4.51. The minimum Gasteiger partial charge on any atom is -0.497 e. The number of hydrogen-bond acceptors (Lipinski definition) is 10. The number of carbonyl (C=O) groups excluding carboxylic acids is 1. The van der Waals surface area contributed by atoms with Crippen LogP contribution in [0.15, 0.2) is 29.6 Å². The Morgan fingerprint density at radius 2 is 2.10 bits per heavy atom. The highest BCUT2D eigenvalue weighted by atomic mass is 32.2. The van der Waals surface area contributed by atoms with Crippen LogP contribution in [0.25, 0.3) is 10.3 Å². The van der Waals surface area contributed by atoms with E-state index < -0.39 is 0 Å². The molecule has 1 saturated heterocycles. The molecule has 30 heavy (non-hydrogen) atoms. The van der Waals surface area contributed by atoms with E-state index in [9.17, 15) is 4.79 Å². The maximum atomic E-state index is 12.5. The van der Waals surface area contributed by atoms with Gasteiger partial charge in [0.05, 0.1) is 38.9 Å². The van der Waals surface area contributed by atoms with Crippen molar-refractivity contribution in [3.8, 4) is 11.5 Å². The molecule has 0 radical (unpaired) electrons. The Balaban J connectivity index is 1.46. The third-order valence-electron chi connectivity index (χ3n) is 4.45. The van der Waals surface area contributed by atoms with Gasteiger partial charge < -0.3 is 24.4 Å². The van der Waals surface area contributed by atoms with Gasteiger partial charge in [0, 0.05) is 19.2 Å². The lowest BCUT2D eigenvalue weighted by atomic mass is 10.2. The predicted octanol–water partition coefficient (Wildman–Crippen LogP) is 2.67. The Bertz CT molecular complexity index is 1040. The van der Waals surface area contributed by atoms with Gasteiger partial charge in [-0.3, -0.25) is 4.79 Å². The van der Waals surface area contributed by atoms with Gasteiger partial charge in [-0.2, -0.15) is 4.98 Å². The zero-order chi connectivity index (χ0) is 20.9. The number of morpholine rings is 1. The van der Waals surface area contributed by atoms with Crippen LogP contribution in [0.3, 0.4) is 0 Å². The molecule has 4 rings (SSSR count). The molecule has 0 atom stereocenters. The molecular weight excluding hydrogens is 426 g/mol. The smallest absolute Gasteiger partial charge is 0.234 e. The van der Waals surface area contributed by atoms with Crippen LogP contribution < -0.4 is 19.7 Å². The monoisotopic (exact) mass is 447 g/mol. The molecule has 158 valence electrons. The number of benzene rings is 1. The van der Waals surface area contributed by atoms with Crippen molar-refractivity contribution in [1.29, 1.82) is 0 Å². The first-order chi connectivity index (χ1) is 14.7. The van der Waals surface area contributed by atoms with E-state index in [1.54, 1.807) is 43.8 Å². The van der Waals surface area contributed by atoms with E-state index in [2.05, 4.69) is 25.2 Å². The first-order valence-electron chi connectivity index (χ1n) is 9.27. The topological polar surface area (TPSA) is 98.7 Å². The summed E-state index contributed by atoms with van der Waals surface area (Å²) in [6, 6.07) is 5.25. The van der Waals surface area contributed by atoms with Crippen LogP contribution in [-0.2, 0) is 9.53 Å². The number of carbonyl (C=O) groups is 1. The van der Waals surface area contributed by atoms with Crippen LogP contribution in [-0.4, -0.2) is 67.1 Å². The lowest BCUT2D eigenvalue weighted by Gasteiger charge is -2.25. The van der Waals surface area contributed by atoms with Crippen LogP contribution >= 0.6 is 23.1 Å². The molecule has 0 saturated carbocycles. The van der Waals surface area contributed by atoms with Crippen LogP contribution in [0.1, 0.15) is 0 Å². The second-order valence-corrected chi connectivity index (χ2v) is 8.27. The molecule has 0 spiro atoms. The van der Waals surface area contributed by atoms with Gasteiger partial charge in [-0.15, -0.1) is 0 Å². The number of rotatable bonds is 7. The van der Waals surface area contributed by atoms with Gasteiger partial charge in [0.15, 0.2) is 10.8 Å². The SMILES string of the molecule is COc1ccc(OC)c(NC(=O)CSc2ncnc3nc(N4CCOCC4)sc23)c1. The van der Waals surface area contributed by atoms with Crippen molar-refractivity contribution in [2.45, 2.75) is 5.03 Å². The summed E-state index contributed by atoms with van der Waals surface area (Å²) in [7, 11) is 3.13. The van der Waals surface area contributed by atoms with Crippen LogP contribution in [0.5, 0.6) is 11.5 Å². The number of ether oxygens (including phenoxy) is 3. The van der Waals surface area contributed by atoms with Crippen LogP contribution in [0.2, 0.25) is 0 Å². The van der Waals surface area contributed by atoms with Crippen molar-refractivity contribution in [2.75, 3.05) is 56.5 Å². The minimum atomic E-state index is -0.170. The summed E-state index contributed by atoms with van der Waals surface area (Å²) in [5.41, 5.74) is 1.21. The molecule has 1 aliphatic rings. The summed E-state index contributed by atoms with van der Waals surface area (Å²) in [4.78, 5) is 28.0. The number of aromatic nitrogens is 3. The molecule has 3 heterocycles. The molecule has 0 aliphatic carbocycles. The number of fused-ring (bicyclic) bond motifs is 1. The normalized spacial score (nSPS) is 14.0. The molecule has 2 aromatic heterocycles. The van der Waals surface area contributed by atoms with E-state index >= 15 is 0 Å². The highest BCUT2D eigenvalue weighted by Crippen LogP contribution is 2.34. The van der Waals surface area contributed by atoms with Crippen molar-refractivity contribution in [3.63, 3.8) is 0 Å². The van der Waals surface area contributed by atoms with Gasteiger partial charge in [-0.05, 0) is 12.1 Å². The molecule has 1 aromatic carbocycles. The molecule has 11 heteroatoms. The van der Waals surface area contributed by atoms with Crippen LogP contribution in [0.4, 0.5) is 10.8 Å². The lowest BCUT2D eigenvalue weighted by Crippen LogP contribution is -2.36. The second-order valence-electron chi connectivity index (χ2n) is 6.33. The molecule has 0 unspecified atom stereocenters. The fraction of sp³-hybridized carbons (Fsp3) is 0.368. The Kier molecular flexibility index (Phi) is 6.50. The number of hydrogen-bond donors (Lipinski definition) is 1. The number of methoxy groups -OCH3 is 2. The highest BCUT2D eigenvalue weighted by Gasteiger charge is 2.19. The zero-order valence-corrected chi connectivity index (χ0v) is 18.2. The third-order valence-corrected chi connectivity index (χ3v) is 6.68. The Morgan fingerprint density at radius 1 is 1.27 bits per heavy atom. The first kappa shape index (κ1) is 20.6. The molecule has 1 fully saturated rings. The molecule has 3 aromatic rings. The number of nitrogens with one attached hydrogen (secondary N) is 1. The van der Waals surface area contributed by atoms with Gasteiger partial charge in [0.25, 0.3) is 0 Å². The summed E-state index contributed by atoms with van der Waals surface area (Å²) in [6.07, 6.45) is 1.48. The largest absolute Gasteiger partial charge is 0.497 e. The second kappa shape index (κ2) is 9.45. The minimum absolute atomic E-state index is 0.170. The predicted molar refractivity (Wildman–Crippen MR) is 117 cm³/mol. The van der Waals surface area contributed by atoms with E-state index in [1.807, 2.05) is 0 Å². The Hall–Kier alpha value is -2.63. The van der Waals surface area contributed by atoms with Gasteiger partial charge in [-0.25, -0.2) is 9.97 Å². The average Bonchev–Trinajstić information content (AvgIpc) is 3.23. The van der Waals surface area contributed by atoms with E-state index in [1.165, 1.54) is 18.1 Å². The maximum absolute atomic E-state index is 12.5. The number of anilines is 2. The van der Waals surface area contributed by atoms with E-state index in [0.29, 0.717) is 36.0 Å². The zero-order valence-electron chi connectivity index (χ0n) is 16.6. The van der Waals surface area contributed by atoms with Crippen LogP contribution in [0, 0.1) is 0 Å². The number of nitrogens with zero attached hydrogens (tertiary/aromatic N) is 4. The van der Waals surface area contributed by atoms with E-state index in [-0.39, 0.29) is 11.7 Å². The standard InChI is InChI=1S/C19H21N5O4S2/c1-26-12-3-4-14(27-2)13(9-12)22-15(25)10-29-18-16-17(20-11-21-18)23-19(30-16)24-5-7-28-8-6-24/h3-4,9,11H,5-8,10H2,1-2H3,(H,22,25).